The standard InChI is InChI=1S/C13H15N3O3S2/c1-16-8-7-14-13(16)20-9-12(17)15-10-3-5-11(6-4-10)21(2,18)19/h3-8H,9H2,1-2H3,(H,15,17). The van der Waals surface area contributed by atoms with Crippen LogP contribution in [-0.4, -0.2) is 35.9 Å². The molecule has 2 rings (SSSR count). The predicted molar refractivity (Wildman–Crippen MR) is 82.1 cm³/mol. The van der Waals surface area contributed by atoms with Crippen LogP contribution in [0.1, 0.15) is 0 Å². The average molecular weight is 325 g/mol. The summed E-state index contributed by atoms with van der Waals surface area (Å²) in [6.07, 6.45) is 4.62. The van der Waals surface area contributed by atoms with Crippen molar-refractivity contribution in [1.29, 1.82) is 0 Å². The lowest BCUT2D eigenvalue weighted by Crippen LogP contribution is -2.14. The maximum atomic E-state index is 11.8. The second-order valence-corrected chi connectivity index (χ2v) is 7.41. The molecule has 0 unspecified atom stereocenters. The number of carbonyl (C=O) groups excluding carboxylic acids is 1. The first-order valence-electron chi connectivity index (χ1n) is 6.06. The van der Waals surface area contributed by atoms with Gasteiger partial charge in [0.05, 0.1) is 10.6 Å². The summed E-state index contributed by atoms with van der Waals surface area (Å²) in [6.45, 7) is 0. The second-order valence-electron chi connectivity index (χ2n) is 4.45. The molecule has 2 aromatic rings. The summed E-state index contributed by atoms with van der Waals surface area (Å²) in [5, 5.41) is 3.47. The third-order valence-electron chi connectivity index (χ3n) is 2.68. The summed E-state index contributed by atoms with van der Waals surface area (Å²) in [4.78, 5) is 16.2. The molecule has 0 aliphatic heterocycles. The van der Waals surface area contributed by atoms with Gasteiger partial charge in [0.25, 0.3) is 0 Å². The lowest BCUT2D eigenvalue weighted by Gasteiger charge is -2.06. The zero-order valence-electron chi connectivity index (χ0n) is 11.6. The average Bonchev–Trinajstić information content (AvgIpc) is 2.81. The van der Waals surface area contributed by atoms with Crippen LogP contribution in [0.5, 0.6) is 0 Å². The molecule has 0 bridgehead atoms. The van der Waals surface area contributed by atoms with Crippen molar-refractivity contribution in [2.24, 2.45) is 7.05 Å². The van der Waals surface area contributed by atoms with Crippen LogP contribution >= 0.6 is 11.8 Å². The summed E-state index contributed by atoms with van der Waals surface area (Å²) in [5.41, 5.74) is 0.563. The topological polar surface area (TPSA) is 81.1 Å². The van der Waals surface area contributed by atoms with Crippen molar-refractivity contribution < 1.29 is 13.2 Å². The lowest BCUT2D eigenvalue weighted by atomic mass is 10.3. The van der Waals surface area contributed by atoms with Crippen LogP contribution in [0.4, 0.5) is 5.69 Å². The fourth-order valence-electron chi connectivity index (χ4n) is 1.60. The SMILES string of the molecule is Cn1ccnc1SCC(=O)Nc1ccc(S(C)(=O)=O)cc1. The highest BCUT2D eigenvalue weighted by molar-refractivity contribution is 7.99. The number of thioether (sulfide) groups is 1. The summed E-state index contributed by atoms with van der Waals surface area (Å²) in [6, 6.07) is 6.08. The number of benzene rings is 1. The fourth-order valence-corrected chi connectivity index (χ4v) is 2.97. The van der Waals surface area contributed by atoms with Gasteiger partial charge in [-0.15, -0.1) is 0 Å². The zero-order chi connectivity index (χ0) is 15.5. The summed E-state index contributed by atoms with van der Waals surface area (Å²) in [7, 11) is -1.36. The quantitative estimate of drug-likeness (QED) is 0.844. The van der Waals surface area contributed by atoms with E-state index < -0.39 is 9.84 Å². The van der Waals surface area contributed by atoms with Crippen molar-refractivity contribution in [1.82, 2.24) is 9.55 Å². The molecule has 0 saturated heterocycles. The Balaban J connectivity index is 1.92. The minimum absolute atomic E-state index is 0.171. The molecule has 0 saturated carbocycles. The Kier molecular flexibility index (Phi) is 4.69. The lowest BCUT2D eigenvalue weighted by molar-refractivity contribution is -0.113. The fraction of sp³-hybridized carbons (Fsp3) is 0.231. The van der Waals surface area contributed by atoms with Crippen molar-refractivity contribution >= 4 is 33.2 Å². The molecule has 1 N–H and O–H groups in total. The smallest absolute Gasteiger partial charge is 0.234 e. The summed E-state index contributed by atoms with van der Waals surface area (Å²) < 4.78 is 24.5. The number of sulfone groups is 1. The molecule has 0 radical (unpaired) electrons. The number of carbonyl (C=O) groups is 1. The third kappa shape index (κ3) is 4.33. The number of aryl methyl sites for hydroxylation is 1. The Labute approximate surface area is 127 Å². The van der Waals surface area contributed by atoms with Crippen molar-refractivity contribution in [2.45, 2.75) is 10.1 Å². The van der Waals surface area contributed by atoms with Gasteiger partial charge >= 0.3 is 0 Å². The van der Waals surface area contributed by atoms with Gasteiger partial charge in [0.2, 0.25) is 5.91 Å². The van der Waals surface area contributed by atoms with Crippen LogP contribution in [-0.2, 0) is 21.7 Å². The van der Waals surface area contributed by atoms with E-state index in [0.29, 0.717) is 5.69 Å². The Morgan fingerprint density at radius 3 is 2.52 bits per heavy atom. The molecule has 1 aromatic carbocycles. The van der Waals surface area contributed by atoms with Crippen molar-refractivity contribution in [2.75, 3.05) is 17.3 Å². The van der Waals surface area contributed by atoms with E-state index in [1.54, 1.807) is 18.3 Å². The zero-order valence-corrected chi connectivity index (χ0v) is 13.2. The number of nitrogens with zero attached hydrogens (tertiary/aromatic N) is 2. The molecular weight excluding hydrogens is 310 g/mol. The van der Waals surface area contributed by atoms with Crippen LogP contribution in [0.3, 0.4) is 0 Å². The maximum Gasteiger partial charge on any atom is 0.234 e. The number of anilines is 1. The first-order valence-corrected chi connectivity index (χ1v) is 8.94. The highest BCUT2D eigenvalue weighted by Gasteiger charge is 2.09. The first-order chi connectivity index (χ1) is 9.86. The molecule has 8 heteroatoms. The number of hydrogen-bond donors (Lipinski definition) is 1. The number of hydrogen-bond acceptors (Lipinski definition) is 5. The molecule has 1 amide bonds. The van der Waals surface area contributed by atoms with Gasteiger partial charge in [-0.3, -0.25) is 4.79 Å². The van der Waals surface area contributed by atoms with E-state index in [1.807, 2.05) is 17.8 Å². The minimum atomic E-state index is -3.22. The summed E-state index contributed by atoms with van der Waals surface area (Å²) >= 11 is 1.33. The minimum Gasteiger partial charge on any atom is -0.329 e. The van der Waals surface area contributed by atoms with Gasteiger partial charge in [0, 0.05) is 31.4 Å². The normalized spacial score (nSPS) is 11.3. The molecule has 112 valence electrons. The molecule has 0 spiro atoms. The van der Waals surface area contributed by atoms with Crippen molar-refractivity contribution in [3.05, 3.63) is 36.7 Å². The van der Waals surface area contributed by atoms with E-state index in [9.17, 15) is 13.2 Å². The van der Waals surface area contributed by atoms with Crippen LogP contribution < -0.4 is 5.32 Å². The molecule has 6 nitrogen and oxygen atoms in total. The Bertz CT molecular complexity index is 736. The second kappa shape index (κ2) is 6.31. The van der Waals surface area contributed by atoms with Crippen molar-refractivity contribution in [3.8, 4) is 0 Å². The van der Waals surface area contributed by atoms with Crippen LogP contribution in [0.2, 0.25) is 0 Å². The maximum absolute atomic E-state index is 11.8. The van der Waals surface area contributed by atoms with E-state index in [1.165, 1.54) is 23.9 Å². The van der Waals surface area contributed by atoms with Crippen LogP contribution in [0, 0.1) is 0 Å². The Morgan fingerprint density at radius 2 is 2.00 bits per heavy atom. The molecule has 0 fully saturated rings. The highest BCUT2D eigenvalue weighted by Crippen LogP contribution is 2.16. The van der Waals surface area contributed by atoms with E-state index in [0.717, 1.165) is 11.4 Å². The van der Waals surface area contributed by atoms with E-state index in [4.69, 9.17) is 0 Å². The van der Waals surface area contributed by atoms with Gasteiger partial charge in [-0.05, 0) is 24.3 Å². The number of amides is 1. The number of aromatic nitrogens is 2. The third-order valence-corrected chi connectivity index (χ3v) is 4.86. The summed E-state index contributed by atoms with van der Waals surface area (Å²) in [5.74, 6) is 0.0636. The number of imidazole rings is 1. The van der Waals surface area contributed by atoms with Gasteiger partial charge in [-0.1, -0.05) is 11.8 Å². The van der Waals surface area contributed by atoms with Gasteiger partial charge in [0.1, 0.15) is 0 Å². The van der Waals surface area contributed by atoms with Gasteiger partial charge in [-0.25, -0.2) is 13.4 Å². The molecule has 0 aliphatic rings. The highest BCUT2D eigenvalue weighted by atomic mass is 32.2. The predicted octanol–water partition coefficient (Wildman–Crippen LogP) is 1.55. The monoisotopic (exact) mass is 325 g/mol. The van der Waals surface area contributed by atoms with E-state index in [2.05, 4.69) is 10.3 Å². The Morgan fingerprint density at radius 1 is 1.33 bits per heavy atom. The first kappa shape index (κ1) is 15.6. The van der Waals surface area contributed by atoms with Gasteiger partial charge in [0.15, 0.2) is 15.0 Å². The van der Waals surface area contributed by atoms with Gasteiger partial charge < -0.3 is 9.88 Å². The Hall–Kier alpha value is -1.80. The van der Waals surface area contributed by atoms with E-state index in [-0.39, 0.29) is 16.6 Å². The molecule has 1 heterocycles. The van der Waals surface area contributed by atoms with E-state index >= 15 is 0 Å². The molecule has 0 atom stereocenters. The van der Waals surface area contributed by atoms with Crippen LogP contribution in [0.25, 0.3) is 0 Å². The molecule has 0 aliphatic carbocycles. The van der Waals surface area contributed by atoms with Gasteiger partial charge in [-0.2, -0.15) is 0 Å². The van der Waals surface area contributed by atoms with Crippen molar-refractivity contribution in [3.63, 3.8) is 0 Å². The largest absolute Gasteiger partial charge is 0.329 e. The molecule has 1 aromatic heterocycles. The van der Waals surface area contributed by atoms with Crippen LogP contribution in [0.15, 0.2) is 46.7 Å². The molecule has 21 heavy (non-hydrogen) atoms. The number of nitrogens with one attached hydrogen (secondary N) is 1. The molecular formula is C13H15N3O3S2. The number of rotatable bonds is 5.